The first-order chi connectivity index (χ1) is 18.7. The highest BCUT2D eigenvalue weighted by atomic mass is 16.3. The number of pyridine rings is 3. The number of aromatic hydroxyl groups is 1. The number of aryl methyl sites for hydroxylation is 1. The lowest BCUT2D eigenvalue weighted by molar-refractivity contribution is 0.438. The van der Waals surface area contributed by atoms with E-state index in [2.05, 4.69) is 74.7 Å². The largest absolute Gasteiger partial charge is 0.480 e. The summed E-state index contributed by atoms with van der Waals surface area (Å²) in [6.45, 7) is 10.5. The molecule has 6 rings (SSSR count). The predicted octanol–water partition coefficient (Wildman–Crippen LogP) is 4.91. The van der Waals surface area contributed by atoms with Gasteiger partial charge in [-0.15, -0.1) is 0 Å². The number of imidazole rings is 3. The summed E-state index contributed by atoms with van der Waals surface area (Å²) < 4.78 is 0. The molecule has 0 bridgehead atoms. The van der Waals surface area contributed by atoms with Crippen molar-refractivity contribution in [2.75, 3.05) is 5.73 Å². The van der Waals surface area contributed by atoms with Gasteiger partial charge >= 0.3 is 0 Å². The number of H-pyrrole nitrogens is 3. The van der Waals surface area contributed by atoms with Gasteiger partial charge in [0.05, 0.1) is 0 Å². The van der Waals surface area contributed by atoms with E-state index in [9.17, 15) is 5.11 Å². The fraction of sp³-hybridized carbons (Fsp3) is 0.357. The first-order valence-corrected chi connectivity index (χ1v) is 13.2. The first-order valence-electron chi connectivity index (χ1n) is 13.2. The molecule has 0 fully saturated rings. The molecule has 6 aromatic rings. The number of nitrogen functional groups attached to an aromatic ring is 1. The standard InChI is InChI=1S/C28H32N10O/c1-12(2)19-10-16(34-26-22(19)36-28(39)38-26)9-14(4)20-11-17(33-25-23(20)35-27(29)37-25)8-13(3)18-6-7-30-24-21(18)31-15(5)32-24/h6-7,10-14H,8-9H2,1-5H3,(H,30,31,32)(H3,29,33,35,37)(H2,34,36,38,39). The Kier molecular flexibility index (Phi) is 5.93. The molecule has 0 saturated carbocycles. The summed E-state index contributed by atoms with van der Waals surface area (Å²) in [4.78, 5) is 36.8. The van der Waals surface area contributed by atoms with Crippen LogP contribution in [0.2, 0.25) is 0 Å². The summed E-state index contributed by atoms with van der Waals surface area (Å²) in [5.74, 6) is 1.66. The molecule has 0 spiro atoms. The van der Waals surface area contributed by atoms with Crippen molar-refractivity contribution < 1.29 is 5.11 Å². The van der Waals surface area contributed by atoms with Crippen molar-refractivity contribution in [3.05, 3.63) is 58.3 Å². The highest BCUT2D eigenvalue weighted by Gasteiger charge is 2.21. The molecule has 0 saturated heterocycles. The number of rotatable bonds is 7. The fourth-order valence-electron chi connectivity index (χ4n) is 5.46. The Bertz CT molecular complexity index is 1830. The monoisotopic (exact) mass is 524 g/mol. The zero-order valence-corrected chi connectivity index (χ0v) is 22.7. The maximum absolute atomic E-state index is 9.93. The molecule has 39 heavy (non-hydrogen) atoms. The SMILES string of the molecule is Cc1nc2c(C(C)Cc3cc(C(C)Cc4cc(C(C)C)c5nc(O)[nH]c5n4)c4nc(N)[nH]c4n3)ccnc2[nH]1. The molecular weight excluding hydrogens is 492 g/mol. The van der Waals surface area contributed by atoms with E-state index in [1.807, 2.05) is 19.2 Å². The average Bonchev–Trinajstić information content (AvgIpc) is 3.56. The van der Waals surface area contributed by atoms with E-state index in [4.69, 9.17) is 15.7 Å². The molecule has 6 heterocycles. The van der Waals surface area contributed by atoms with Gasteiger partial charge in [-0.1, -0.05) is 27.7 Å². The predicted molar refractivity (Wildman–Crippen MR) is 151 cm³/mol. The average molecular weight is 525 g/mol. The van der Waals surface area contributed by atoms with Crippen molar-refractivity contribution in [3.63, 3.8) is 0 Å². The number of aromatic amines is 3. The molecular formula is C28H32N10O. The van der Waals surface area contributed by atoms with Crippen LogP contribution in [-0.4, -0.2) is 50.0 Å². The van der Waals surface area contributed by atoms with Crippen LogP contribution in [0.5, 0.6) is 6.01 Å². The Morgan fingerprint density at radius 3 is 2.08 bits per heavy atom. The van der Waals surface area contributed by atoms with Gasteiger partial charge in [-0.05, 0) is 72.4 Å². The van der Waals surface area contributed by atoms with E-state index < -0.39 is 0 Å². The Labute approximate surface area is 224 Å². The third-order valence-corrected chi connectivity index (χ3v) is 7.33. The van der Waals surface area contributed by atoms with Gasteiger partial charge in [0.1, 0.15) is 22.4 Å². The molecule has 11 heteroatoms. The minimum absolute atomic E-state index is 0.0790. The minimum Gasteiger partial charge on any atom is -0.480 e. The second kappa shape index (κ2) is 9.33. The Morgan fingerprint density at radius 1 is 0.744 bits per heavy atom. The number of nitrogens with two attached hydrogens (primary N) is 1. The van der Waals surface area contributed by atoms with Crippen LogP contribution in [0.15, 0.2) is 24.4 Å². The van der Waals surface area contributed by atoms with Crippen LogP contribution in [0.3, 0.4) is 0 Å². The van der Waals surface area contributed by atoms with Gasteiger partial charge in [0.25, 0.3) is 6.01 Å². The zero-order valence-electron chi connectivity index (χ0n) is 22.7. The maximum Gasteiger partial charge on any atom is 0.293 e. The Balaban J connectivity index is 1.35. The number of hydrogen-bond acceptors (Lipinski definition) is 8. The number of anilines is 1. The molecule has 2 unspecified atom stereocenters. The van der Waals surface area contributed by atoms with Gasteiger partial charge < -0.3 is 20.8 Å². The first kappa shape index (κ1) is 24.8. The zero-order chi connectivity index (χ0) is 27.4. The molecule has 0 aromatic carbocycles. The van der Waals surface area contributed by atoms with Crippen LogP contribution in [-0.2, 0) is 12.8 Å². The number of hydrogen-bond donors (Lipinski definition) is 5. The molecule has 0 aliphatic carbocycles. The summed E-state index contributed by atoms with van der Waals surface area (Å²) in [5.41, 5.74) is 15.6. The van der Waals surface area contributed by atoms with Crippen LogP contribution in [0.25, 0.3) is 33.5 Å². The van der Waals surface area contributed by atoms with Crippen molar-refractivity contribution in [2.24, 2.45) is 0 Å². The quantitative estimate of drug-likeness (QED) is 0.196. The lowest BCUT2D eigenvalue weighted by Crippen LogP contribution is -2.07. The van der Waals surface area contributed by atoms with Crippen LogP contribution >= 0.6 is 0 Å². The van der Waals surface area contributed by atoms with E-state index >= 15 is 0 Å². The van der Waals surface area contributed by atoms with E-state index in [1.165, 1.54) is 0 Å². The fourth-order valence-corrected chi connectivity index (χ4v) is 5.46. The van der Waals surface area contributed by atoms with Crippen molar-refractivity contribution >= 4 is 39.4 Å². The Morgan fingerprint density at radius 2 is 1.36 bits per heavy atom. The maximum atomic E-state index is 9.93. The third kappa shape index (κ3) is 4.53. The molecule has 6 N–H and O–H groups in total. The number of nitrogens with one attached hydrogen (secondary N) is 3. The van der Waals surface area contributed by atoms with Crippen LogP contribution < -0.4 is 5.73 Å². The Hall–Kier alpha value is -4.54. The van der Waals surface area contributed by atoms with Crippen molar-refractivity contribution in [1.29, 1.82) is 0 Å². The topological polar surface area (TPSA) is 171 Å². The van der Waals surface area contributed by atoms with E-state index in [0.717, 1.165) is 50.6 Å². The van der Waals surface area contributed by atoms with Gasteiger partial charge in [0.15, 0.2) is 22.9 Å². The second-order valence-corrected chi connectivity index (χ2v) is 10.8. The van der Waals surface area contributed by atoms with Crippen LogP contribution in [0.1, 0.15) is 79.4 Å². The van der Waals surface area contributed by atoms with Crippen LogP contribution in [0.4, 0.5) is 5.95 Å². The van der Waals surface area contributed by atoms with E-state index in [-0.39, 0.29) is 23.8 Å². The summed E-state index contributed by atoms with van der Waals surface area (Å²) in [6.07, 6.45) is 3.21. The third-order valence-electron chi connectivity index (χ3n) is 7.33. The summed E-state index contributed by atoms with van der Waals surface area (Å²) in [7, 11) is 0. The second-order valence-electron chi connectivity index (χ2n) is 10.8. The van der Waals surface area contributed by atoms with Gasteiger partial charge in [0.2, 0.25) is 0 Å². The van der Waals surface area contributed by atoms with Crippen molar-refractivity contribution in [2.45, 2.75) is 65.2 Å². The van der Waals surface area contributed by atoms with Gasteiger partial charge in [-0.25, -0.2) is 24.9 Å². The minimum atomic E-state index is -0.123. The number of aromatic nitrogens is 9. The van der Waals surface area contributed by atoms with E-state index in [0.29, 0.717) is 35.6 Å². The van der Waals surface area contributed by atoms with Crippen LogP contribution in [0, 0.1) is 6.92 Å². The molecule has 0 aliphatic rings. The highest BCUT2D eigenvalue weighted by molar-refractivity contribution is 5.79. The molecule has 6 aromatic heterocycles. The summed E-state index contributed by atoms with van der Waals surface area (Å²) >= 11 is 0. The molecule has 200 valence electrons. The van der Waals surface area contributed by atoms with Gasteiger partial charge in [0, 0.05) is 17.6 Å². The lowest BCUT2D eigenvalue weighted by atomic mass is 9.91. The van der Waals surface area contributed by atoms with Gasteiger partial charge in [-0.3, -0.25) is 4.98 Å². The van der Waals surface area contributed by atoms with Crippen molar-refractivity contribution in [3.8, 4) is 6.01 Å². The highest BCUT2D eigenvalue weighted by Crippen LogP contribution is 2.32. The van der Waals surface area contributed by atoms with Crippen molar-refractivity contribution in [1.82, 2.24) is 44.9 Å². The summed E-state index contributed by atoms with van der Waals surface area (Å²) in [5, 5.41) is 9.93. The smallest absolute Gasteiger partial charge is 0.293 e. The summed E-state index contributed by atoms with van der Waals surface area (Å²) in [6, 6.07) is 6.14. The molecule has 2 atom stereocenters. The molecule has 0 aliphatic heterocycles. The normalized spacial score (nSPS) is 13.7. The molecule has 11 nitrogen and oxygen atoms in total. The van der Waals surface area contributed by atoms with E-state index in [1.54, 1.807) is 0 Å². The number of fused-ring (bicyclic) bond motifs is 3. The molecule has 0 amide bonds. The van der Waals surface area contributed by atoms with Gasteiger partial charge in [-0.2, -0.15) is 4.98 Å². The number of nitrogens with zero attached hydrogens (tertiary/aromatic N) is 6. The molecule has 0 radical (unpaired) electrons. The lowest BCUT2D eigenvalue weighted by Gasteiger charge is -2.17.